The van der Waals surface area contributed by atoms with Crippen molar-refractivity contribution in [2.24, 2.45) is 15.3 Å². The van der Waals surface area contributed by atoms with Gasteiger partial charge in [-0.05, 0) is 53.6 Å². The van der Waals surface area contributed by atoms with E-state index in [1.54, 1.807) is 48.5 Å². The zero-order chi connectivity index (χ0) is 22.9. The van der Waals surface area contributed by atoms with Crippen molar-refractivity contribution in [3.05, 3.63) is 104 Å². The molecule has 0 atom stereocenters. The Balaban J connectivity index is 1.77. The average molecular weight is 507 g/mol. The molecule has 3 aromatic rings. The number of carbonyl (C=O) groups is 1. The third-order valence-corrected chi connectivity index (χ3v) is 4.79. The van der Waals surface area contributed by atoms with Crippen LogP contribution in [0.15, 0.2) is 82.0 Å². The van der Waals surface area contributed by atoms with E-state index in [4.69, 9.17) is 46.4 Å². The normalized spacial score (nSPS) is 11.8. The summed E-state index contributed by atoms with van der Waals surface area (Å²) in [5.41, 5.74) is 4.48. The molecule has 0 aliphatic heterocycles. The third kappa shape index (κ3) is 7.66. The van der Waals surface area contributed by atoms with Gasteiger partial charge in [0, 0.05) is 25.7 Å². The fourth-order valence-electron chi connectivity index (χ4n) is 2.36. The first-order valence-electron chi connectivity index (χ1n) is 9.08. The molecular formula is C22H15Cl4N5O. The molecule has 0 unspecified atom stereocenters. The molecule has 0 heterocycles. The number of benzene rings is 3. The Bertz CT molecular complexity index is 1160. The second kappa shape index (κ2) is 11.6. The lowest BCUT2D eigenvalue weighted by molar-refractivity contribution is 0.0975. The summed E-state index contributed by atoms with van der Waals surface area (Å²) < 4.78 is 0. The summed E-state index contributed by atoms with van der Waals surface area (Å²) in [5, 5.41) is 16.6. The van der Waals surface area contributed by atoms with E-state index in [2.05, 4.69) is 26.0 Å². The van der Waals surface area contributed by atoms with Gasteiger partial charge in [0.05, 0.1) is 12.4 Å². The van der Waals surface area contributed by atoms with Gasteiger partial charge in [0.2, 0.25) is 5.96 Å². The molecule has 0 aliphatic rings. The van der Waals surface area contributed by atoms with Crippen LogP contribution in [-0.2, 0) is 0 Å². The van der Waals surface area contributed by atoms with Gasteiger partial charge in [0.25, 0.3) is 5.91 Å². The average Bonchev–Trinajstić information content (AvgIpc) is 2.75. The van der Waals surface area contributed by atoms with Crippen molar-refractivity contribution < 1.29 is 4.79 Å². The number of guanidine groups is 1. The van der Waals surface area contributed by atoms with E-state index in [0.717, 1.165) is 11.1 Å². The summed E-state index contributed by atoms with van der Waals surface area (Å²) in [4.78, 5) is 12.6. The highest BCUT2D eigenvalue weighted by atomic mass is 35.5. The number of hydrazone groups is 1. The van der Waals surface area contributed by atoms with Crippen molar-refractivity contribution in [2.75, 3.05) is 0 Å². The minimum absolute atomic E-state index is 0.0125. The number of halogens is 4. The number of hydrogen-bond donors (Lipinski definition) is 2. The van der Waals surface area contributed by atoms with E-state index in [9.17, 15) is 4.79 Å². The highest BCUT2D eigenvalue weighted by molar-refractivity contribution is 6.35. The molecular weight excluding hydrogens is 492 g/mol. The van der Waals surface area contributed by atoms with Gasteiger partial charge in [0.15, 0.2) is 0 Å². The molecule has 1 amide bonds. The van der Waals surface area contributed by atoms with Crippen molar-refractivity contribution in [3.63, 3.8) is 0 Å². The molecule has 32 heavy (non-hydrogen) atoms. The second-order valence-electron chi connectivity index (χ2n) is 6.28. The van der Waals surface area contributed by atoms with Crippen molar-refractivity contribution in [1.29, 1.82) is 0 Å². The summed E-state index contributed by atoms with van der Waals surface area (Å²) in [7, 11) is 0. The van der Waals surface area contributed by atoms with Crippen LogP contribution in [0.3, 0.4) is 0 Å². The highest BCUT2D eigenvalue weighted by Gasteiger charge is 2.10. The first-order chi connectivity index (χ1) is 15.4. The lowest BCUT2D eigenvalue weighted by atomic mass is 10.2. The van der Waals surface area contributed by atoms with Crippen LogP contribution in [-0.4, -0.2) is 24.3 Å². The molecule has 3 rings (SSSR count). The molecule has 0 fully saturated rings. The maximum absolute atomic E-state index is 12.6. The quantitative estimate of drug-likeness (QED) is 0.251. The summed E-state index contributed by atoms with van der Waals surface area (Å²) in [6.07, 6.45) is 3.04. The molecule has 0 spiro atoms. The lowest BCUT2D eigenvalue weighted by Gasteiger charge is -2.07. The molecule has 3 aromatic carbocycles. The van der Waals surface area contributed by atoms with Crippen LogP contribution >= 0.6 is 46.4 Å². The Labute approximate surface area is 204 Å². The van der Waals surface area contributed by atoms with E-state index in [1.165, 1.54) is 30.6 Å². The molecule has 162 valence electrons. The lowest BCUT2D eigenvalue weighted by Crippen LogP contribution is -2.38. The standard InChI is InChI=1S/C22H15Cl4N5O/c23-17-5-1-14(2-6-17)12-27-30-22(31-28-13-15-3-7-18(24)8-4-15)29-21(32)16-9-19(25)11-20(26)10-16/h1-13H,(H2,29,30,31,32)/b27-12+,28-13+. The van der Waals surface area contributed by atoms with Gasteiger partial charge in [-0.1, -0.05) is 70.7 Å². The van der Waals surface area contributed by atoms with E-state index in [1.807, 2.05) is 0 Å². The van der Waals surface area contributed by atoms with Crippen LogP contribution < -0.4 is 10.7 Å². The van der Waals surface area contributed by atoms with Gasteiger partial charge < -0.3 is 0 Å². The summed E-state index contributed by atoms with van der Waals surface area (Å²) in [5.74, 6) is -0.509. The summed E-state index contributed by atoms with van der Waals surface area (Å²) in [6.45, 7) is 0. The first kappa shape index (κ1) is 23.8. The fourth-order valence-corrected chi connectivity index (χ4v) is 3.14. The van der Waals surface area contributed by atoms with E-state index >= 15 is 0 Å². The molecule has 0 aliphatic carbocycles. The zero-order valence-corrected chi connectivity index (χ0v) is 19.3. The van der Waals surface area contributed by atoms with Crippen molar-refractivity contribution >= 4 is 70.7 Å². The maximum Gasteiger partial charge on any atom is 0.258 e. The van der Waals surface area contributed by atoms with Crippen molar-refractivity contribution in [2.45, 2.75) is 0 Å². The van der Waals surface area contributed by atoms with Crippen LogP contribution in [0.25, 0.3) is 0 Å². The minimum atomic E-state index is -0.496. The zero-order valence-electron chi connectivity index (χ0n) is 16.3. The van der Waals surface area contributed by atoms with Gasteiger partial charge in [-0.15, -0.1) is 5.10 Å². The number of carbonyl (C=O) groups excluding carboxylic acids is 1. The molecule has 0 saturated carbocycles. The molecule has 2 N–H and O–H groups in total. The largest absolute Gasteiger partial charge is 0.290 e. The topological polar surface area (TPSA) is 78.2 Å². The Morgan fingerprint density at radius 1 is 0.719 bits per heavy atom. The number of nitrogens with zero attached hydrogens (tertiary/aromatic N) is 3. The first-order valence-corrected chi connectivity index (χ1v) is 10.6. The number of rotatable bonds is 5. The summed E-state index contributed by atoms with van der Waals surface area (Å²) in [6, 6.07) is 18.5. The molecule has 0 saturated heterocycles. The van der Waals surface area contributed by atoms with Crippen LogP contribution in [0, 0.1) is 0 Å². The van der Waals surface area contributed by atoms with Crippen LogP contribution in [0.2, 0.25) is 20.1 Å². The molecule has 0 bridgehead atoms. The SMILES string of the molecule is O=C(NC(=N/N=C/c1ccc(Cl)cc1)N/N=C/c1ccc(Cl)cc1)c1cc(Cl)cc(Cl)c1. The second-order valence-corrected chi connectivity index (χ2v) is 8.02. The monoisotopic (exact) mass is 505 g/mol. The van der Waals surface area contributed by atoms with E-state index in [-0.39, 0.29) is 11.5 Å². The number of hydrogen-bond acceptors (Lipinski definition) is 4. The minimum Gasteiger partial charge on any atom is -0.290 e. The smallest absolute Gasteiger partial charge is 0.258 e. The van der Waals surface area contributed by atoms with E-state index < -0.39 is 5.91 Å². The Hall–Kier alpha value is -2.90. The third-order valence-electron chi connectivity index (χ3n) is 3.85. The Morgan fingerprint density at radius 3 is 1.81 bits per heavy atom. The van der Waals surface area contributed by atoms with Crippen molar-refractivity contribution in [1.82, 2.24) is 10.7 Å². The van der Waals surface area contributed by atoms with Crippen LogP contribution in [0.5, 0.6) is 0 Å². The molecule has 0 radical (unpaired) electrons. The predicted molar refractivity (Wildman–Crippen MR) is 133 cm³/mol. The van der Waals surface area contributed by atoms with Gasteiger partial charge >= 0.3 is 0 Å². The van der Waals surface area contributed by atoms with Gasteiger partial charge in [-0.25, -0.2) is 5.43 Å². The van der Waals surface area contributed by atoms with Crippen molar-refractivity contribution in [3.8, 4) is 0 Å². The summed E-state index contributed by atoms with van der Waals surface area (Å²) >= 11 is 23.7. The maximum atomic E-state index is 12.6. The Morgan fingerprint density at radius 2 is 1.25 bits per heavy atom. The van der Waals surface area contributed by atoms with E-state index in [0.29, 0.717) is 20.1 Å². The molecule has 0 aromatic heterocycles. The fraction of sp³-hybridized carbons (Fsp3) is 0. The van der Waals surface area contributed by atoms with Gasteiger partial charge in [-0.3, -0.25) is 10.1 Å². The predicted octanol–water partition coefficient (Wildman–Crippen LogP) is 6.04. The van der Waals surface area contributed by atoms with Gasteiger partial charge in [-0.2, -0.15) is 10.2 Å². The Kier molecular flexibility index (Phi) is 8.64. The molecule has 10 heteroatoms. The molecule has 6 nitrogen and oxygen atoms in total. The number of amides is 1. The van der Waals surface area contributed by atoms with Crippen LogP contribution in [0.1, 0.15) is 21.5 Å². The number of nitrogens with one attached hydrogen (secondary N) is 2. The van der Waals surface area contributed by atoms with Crippen LogP contribution in [0.4, 0.5) is 0 Å². The van der Waals surface area contributed by atoms with Gasteiger partial charge in [0.1, 0.15) is 0 Å². The highest BCUT2D eigenvalue weighted by Crippen LogP contribution is 2.19.